The van der Waals surface area contributed by atoms with E-state index in [9.17, 15) is 4.79 Å². The third kappa shape index (κ3) is 2.48. The van der Waals surface area contributed by atoms with Gasteiger partial charge in [0.05, 0.1) is 14.2 Å². The number of benzene rings is 1. The van der Waals surface area contributed by atoms with E-state index in [2.05, 4.69) is 5.32 Å². The summed E-state index contributed by atoms with van der Waals surface area (Å²) in [5.74, 6) is 1.66. The molecule has 18 heavy (non-hydrogen) atoms. The molecule has 1 heterocycles. The van der Waals surface area contributed by atoms with Gasteiger partial charge in [-0.2, -0.15) is 0 Å². The Morgan fingerprint density at radius 1 is 1.33 bits per heavy atom. The van der Waals surface area contributed by atoms with Crippen LogP contribution in [0, 0.1) is 0 Å². The standard InChI is InChI=1S/C14H19NO3/c1-9(16)6-12-11-8-14(18-3)13(17-2)7-10(11)4-5-15-12/h7-8,12,15H,4-6H2,1-3H3. The first-order chi connectivity index (χ1) is 8.65. The van der Waals surface area contributed by atoms with Gasteiger partial charge in [-0.3, -0.25) is 4.79 Å². The maximum atomic E-state index is 11.3. The molecule has 1 atom stereocenters. The number of hydrogen-bond acceptors (Lipinski definition) is 4. The van der Waals surface area contributed by atoms with Crippen molar-refractivity contribution in [1.82, 2.24) is 5.32 Å². The topological polar surface area (TPSA) is 47.6 Å². The fourth-order valence-corrected chi connectivity index (χ4v) is 2.44. The summed E-state index contributed by atoms with van der Waals surface area (Å²) >= 11 is 0. The van der Waals surface area contributed by atoms with Crippen LogP contribution in [0.5, 0.6) is 11.5 Å². The molecule has 1 unspecified atom stereocenters. The predicted molar refractivity (Wildman–Crippen MR) is 69.3 cm³/mol. The van der Waals surface area contributed by atoms with E-state index in [4.69, 9.17) is 9.47 Å². The van der Waals surface area contributed by atoms with Gasteiger partial charge in [0.1, 0.15) is 5.78 Å². The van der Waals surface area contributed by atoms with Crippen molar-refractivity contribution >= 4 is 5.78 Å². The zero-order valence-corrected chi connectivity index (χ0v) is 11.1. The molecule has 0 aliphatic carbocycles. The first-order valence-electron chi connectivity index (χ1n) is 6.13. The number of methoxy groups -OCH3 is 2. The Labute approximate surface area is 107 Å². The number of carbonyl (C=O) groups excluding carboxylic acids is 1. The number of hydrogen-bond donors (Lipinski definition) is 1. The average molecular weight is 249 g/mol. The van der Waals surface area contributed by atoms with Gasteiger partial charge < -0.3 is 14.8 Å². The minimum Gasteiger partial charge on any atom is -0.493 e. The average Bonchev–Trinajstić information content (AvgIpc) is 2.37. The lowest BCUT2D eigenvalue weighted by Gasteiger charge is -2.27. The smallest absolute Gasteiger partial charge is 0.161 e. The minimum absolute atomic E-state index is 0.0889. The molecule has 1 N–H and O–H groups in total. The maximum Gasteiger partial charge on any atom is 0.161 e. The van der Waals surface area contributed by atoms with Crippen molar-refractivity contribution in [1.29, 1.82) is 0 Å². The molecule has 0 saturated carbocycles. The van der Waals surface area contributed by atoms with Gasteiger partial charge in [0.25, 0.3) is 0 Å². The molecular weight excluding hydrogens is 230 g/mol. The normalized spacial score (nSPS) is 18.1. The summed E-state index contributed by atoms with van der Waals surface area (Å²) in [5, 5.41) is 3.38. The van der Waals surface area contributed by atoms with Gasteiger partial charge in [0.15, 0.2) is 11.5 Å². The van der Waals surface area contributed by atoms with Crippen LogP contribution in [-0.4, -0.2) is 26.5 Å². The van der Waals surface area contributed by atoms with Crippen molar-refractivity contribution in [3.63, 3.8) is 0 Å². The van der Waals surface area contributed by atoms with Crippen molar-refractivity contribution in [2.75, 3.05) is 20.8 Å². The number of ether oxygens (including phenoxy) is 2. The van der Waals surface area contributed by atoms with E-state index in [1.54, 1.807) is 21.1 Å². The molecule has 0 spiro atoms. The first kappa shape index (κ1) is 12.9. The molecule has 1 aliphatic heterocycles. The van der Waals surface area contributed by atoms with Gasteiger partial charge in [-0.25, -0.2) is 0 Å². The molecule has 98 valence electrons. The lowest BCUT2D eigenvalue weighted by Crippen LogP contribution is -2.31. The van der Waals surface area contributed by atoms with Gasteiger partial charge in [-0.1, -0.05) is 0 Å². The van der Waals surface area contributed by atoms with Crippen LogP contribution in [0.4, 0.5) is 0 Å². The Hall–Kier alpha value is -1.55. The van der Waals surface area contributed by atoms with Crippen LogP contribution in [0.1, 0.15) is 30.5 Å². The van der Waals surface area contributed by atoms with Crippen LogP contribution in [0.2, 0.25) is 0 Å². The van der Waals surface area contributed by atoms with E-state index in [0.29, 0.717) is 12.2 Å². The monoisotopic (exact) mass is 249 g/mol. The molecule has 1 aromatic rings. The number of Topliss-reactive ketones (excluding diaryl/α,β-unsaturated/α-hetero) is 1. The van der Waals surface area contributed by atoms with Gasteiger partial charge >= 0.3 is 0 Å². The van der Waals surface area contributed by atoms with E-state index in [1.807, 2.05) is 12.1 Å². The molecule has 2 rings (SSSR count). The van der Waals surface area contributed by atoms with Crippen LogP contribution in [-0.2, 0) is 11.2 Å². The highest BCUT2D eigenvalue weighted by Crippen LogP contribution is 2.36. The Kier molecular flexibility index (Phi) is 3.87. The predicted octanol–water partition coefficient (Wildman–Crippen LogP) is 1.87. The van der Waals surface area contributed by atoms with Crippen LogP contribution >= 0.6 is 0 Å². The summed E-state index contributed by atoms with van der Waals surface area (Å²) in [6.07, 6.45) is 1.46. The second-order valence-electron chi connectivity index (χ2n) is 4.57. The van der Waals surface area contributed by atoms with Gasteiger partial charge in [-0.05, 0) is 43.1 Å². The molecule has 0 amide bonds. The van der Waals surface area contributed by atoms with Crippen LogP contribution in [0.3, 0.4) is 0 Å². The highest BCUT2D eigenvalue weighted by molar-refractivity contribution is 5.76. The zero-order chi connectivity index (χ0) is 13.1. The molecule has 1 aliphatic rings. The Morgan fingerprint density at radius 3 is 2.61 bits per heavy atom. The van der Waals surface area contributed by atoms with E-state index < -0.39 is 0 Å². The quantitative estimate of drug-likeness (QED) is 0.885. The Morgan fingerprint density at radius 2 is 2.00 bits per heavy atom. The third-order valence-electron chi connectivity index (χ3n) is 3.30. The number of nitrogens with one attached hydrogen (secondary N) is 1. The number of carbonyl (C=O) groups is 1. The lowest BCUT2D eigenvalue weighted by atomic mass is 9.91. The minimum atomic E-state index is 0.0889. The number of ketones is 1. The summed E-state index contributed by atoms with van der Waals surface area (Å²) in [4.78, 5) is 11.3. The molecule has 4 heteroatoms. The zero-order valence-electron chi connectivity index (χ0n) is 11.1. The van der Waals surface area contributed by atoms with Crippen molar-refractivity contribution in [2.24, 2.45) is 0 Å². The van der Waals surface area contributed by atoms with E-state index >= 15 is 0 Å². The SMILES string of the molecule is COc1cc2c(cc1OC)C(CC(C)=O)NCC2. The largest absolute Gasteiger partial charge is 0.493 e. The summed E-state index contributed by atoms with van der Waals surface area (Å²) < 4.78 is 10.6. The molecule has 4 nitrogen and oxygen atoms in total. The Balaban J connectivity index is 2.40. The molecule has 0 radical (unpaired) electrons. The van der Waals surface area contributed by atoms with E-state index in [-0.39, 0.29) is 11.8 Å². The first-order valence-corrected chi connectivity index (χ1v) is 6.13. The highest BCUT2D eigenvalue weighted by Gasteiger charge is 2.23. The molecular formula is C14H19NO3. The molecule has 0 bridgehead atoms. The fraction of sp³-hybridized carbons (Fsp3) is 0.500. The summed E-state index contributed by atoms with van der Waals surface area (Å²) in [6, 6.07) is 4.09. The van der Waals surface area contributed by atoms with Crippen LogP contribution in [0.25, 0.3) is 0 Å². The van der Waals surface area contributed by atoms with Crippen molar-refractivity contribution in [3.05, 3.63) is 23.3 Å². The number of fused-ring (bicyclic) bond motifs is 1. The van der Waals surface area contributed by atoms with Crippen LogP contribution in [0.15, 0.2) is 12.1 Å². The fourth-order valence-electron chi connectivity index (χ4n) is 2.44. The van der Waals surface area contributed by atoms with Crippen molar-refractivity contribution in [2.45, 2.75) is 25.8 Å². The third-order valence-corrected chi connectivity index (χ3v) is 3.30. The molecule has 0 saturated heterocycles. The van der Waals surface area contributed by atoms with Crippen LogP contribution < -0.4 is 14.8 Å². The Bertz CT molecular complexity index is 457. The van der Waals surface area contributed by atoms with E-state index in [1.165, 1.54) is 5.56 Å². The molecule has 1 aromatic carbocycles. The van der Waals surface area contributed by atoms with Gasteiger partial charge in [0.2, 0.25) is 0 Å². The summed E-state index contributed by atoms with van der Waals surface area (Å²) in [7, 11) is 3.26. The van der Waals surface area contributed by atoms with Gasteiger partial charge in [0, 0.05) is 12.5 Å². The lowest BCUT2D eigenvalue weighted by molar-refractivity contribution is -0.117. The maximum absolute atomic E-state index is 11.3. The number of rotatable bonds is 4. The second-order valence-corrected chi connectivity index (χ2v) is 4.57. The molecule has 0 aromatic heterocycles. The van der Waals surface area contributed by atoms with E-state index in [0.717, 1.165) is 24.3 Å². The molecule has 0 fully saturated rings. The van der Waals surface area contributed by atoms with Crippen molar-refractivity contribution < 1.29 is 14.3 Å². The highest BCUT2D eigenvalue weighted by atomic mass is 16.5. The summed E-state index contributed by atoms with van der Waals surface area (Å²) in [6.45, 7) is 2.51. The van der Waals surface area contributed by atoms with Gasteiger partial charge in [-0.15, -0.1) is 0 Å². The van der Waals surface area contributed by atoms with Crippen molar-refractivity contribution in [3.8, 4) is 11.5 Å². The second kappa shape index (κ2) is 5.40. The summed E-state index contributed by atoms with van der Waals surface area (Å²) in [5.41, 5.74) is 2.38.